The number of benzene rings is 2. The second-order valence-corrected chi connectivity index (χ2v) is 14.8. The smallest absolute Gasteiger partial charge is 0.339 e. The van der Waals surface area contributed by atoms with E-state index < -0.39 is 24.7 Å². The summed E-state index contributed by atoms with van der Waals surface area (Å²) in [6.45, 7) is 4.42. The van der Waals surface area contributed by atoms with Gasteiger partial charge >= 0.3 is 6.18 Å². The number of carbonyl (C=O) groups is 1. The van der Waals surface area contributed by atoms with Crippen LogP contribution in [0.15, 0.2) is 42.6 Å². The van der Waals surface area contributed by atoms with E-state index in [1.165, 1.54) is 6.42 Å². The van der Waals surface area contributed by atoms with Crippen LogP contribution in [0.4, 0.5) is 36.3 Å². The second-order valence-electron chi connectivity index (χ2n) is 11.6. The van der Waals surface area contributed by atoms with Crippen LogP contribution in [0, 0.1) is 0 Å². The molecule has 0 spiro atoms. The Hall–Kier alpha value is -3.39. The molecular formula is C32H39F3N5O2P. The van der Waals surface area contributed by atoms with Crippen molar-refractivity contribution < 1.29 is 22.5 Å². The van der Waals surface area contributed by atoms with Gasteiger partial charge in [0.2, 0.25) is 5.95 Å². The minimum absolute atomic E-state index is 0.0487. The molecule has 11 heteroatoms. The first-order valence-electron chi connectivity index (χ1n) is 15.1. The fourth-order valence-electron chi connectivity index (χ4n) is 6.41. The number of fused-ring (bicyclic) bond motifs is 1. The van der Waals surface area contributed by atoms with Crippen molar-refractivity contribution in [3.05, 3.63) is 64.8 Å². The van der Waals surface area contributed by atoms with Gasteiger partial charge in [-0.2, -0.15) is 18.2 Å². The van der Waals surface area contributed by atoms with Gasteiger partial charge in [0.25, 0.3) is 5.91 Å². The average molecular weight is 614 g/mol. The van der Waals surface area contributed by atoms with Gasteiger partial charge in [-0.1, -0.05) is 51.3 Å². The fourth-order valence-corrected chi connectivity index (χ4v) is 9.33. The first-order valence-corrected chi connectivity index (χ1v) is 17.2. The molecule has 2 heterocycles. The van der Waals surface area contributed by atoms with Gasteiger partial charge in [-0.25, -0.2) is 4.98 Å². The molecule has 2 aromatic carbocycles. The van der Waals surface area contributed by atoms with E-state index in [-0.39, 0.29) is 11.9 Å². The van der Waals surface area contributed by atoms with Crippen molar-refractivity contribution in [2.75, 3.05) is 30.0 Å². The maximum Gasteiger partial charge on any atom is 0.421 e. The zero-order valence-corrected chi connectivity index (χ0v) is 25.8. The summed E-state index contributed by atoms with van der Waals surface area (Å²) in [7, 11) is -0.893. The van der Waals surface area contributed by atoms with Crippen LogP contribution in [-0.4, -0.2) is 40.1 Å². The number of anilines is 4. The minimum Gasteiger partial charge on any atom is -0.339 e. The predicted molar refractivity (Wildman–Crippen MR) is 166 cm³/mol. The molecule has 5 rings (SSSR count). The molecule has 1 fully saturated rings. The standard InChI is InChI=1S/C32H39F3N5O2P/c1-4-16-43(42,17-5-2)23-13-9-12-22(18-23)37-31-36-19-26(32(33,34)35)29(39-31)38-27-15-14-24(21-10-7-6-8-11-21)25-20-40(3)30(41)28(25)27/h9,12-15,18-19,21H,4-8,10-11,16-17,20H2,1-3H3,(H2,36,37,38,39). The second kappa shape index (κ2) is 12.7. The Balaban J connectivity index is 1.50. The van der Waals surface area contributed by atoms with Crippen molar-refractivity contribution in [2.45, 2.75) is 77.4 Å². The van der Waals surface area contributed by atoms with Crippen LogP contribution in [0.25, 0.3) is 0 Å². The Morgan fingerprint density at radius 2 is 1.74 bits per heavy atom. The predicted octanol–water partition coefficient (Wildman–Crippen LogP) is 8.42. The van der Waals surface area contributed by atoms with E-state index in [1.807, 2.05) is 26.0 Å². The topological polar surface area (TPSA) is 87.2 Å². The molecule has 230 valence electrons. The summed E-state index contributed by atoms with van der Waals surface area (Å²) in [6, 6.07) is 10.8. The van der Waals surface area contributed by atoms with Crippen LogP contribution in [0.5, 0.6) is 0 Å². The van der Waals surface area contributed by atoms with Crippen molar-refractivity contribution in [1.29, 1.82) is 0 Å². The van der Waals surface area contributed by atoms with E-state index >= 15 is 0 Å². The van der Waals surface area contributed by atoms with Crippen molar-refractivity contribution in [3.8, 4) is 0 Å². The molecule has 0 unspecified atom stereocenters. The highest BCUT2D eigenvalue weighted by atomic mass is 31.2. The summed E-state index contributed by atoms with van der Waals surface area (Å²) >= 11 is 0. The zero-order chi connectivity index (χ0) is 30.8. The van der Waals surface area contributed by atoms with E-state index in [1.54, 1.807) is 36.2 Å². The summed E-state index contributed by atoms with van der Waals surface area (Å²) in [5.41, 5.74) is 2.19. The van der Waals surface area contributed by atoms with E-state index in [2.05, 4.69) is 20.6 Å². The van der Waals surface area contributed by atoms with Crippen LogP contribution in [0.1, 0.15) is 91.8 Å². The Kier molecular flexibility index (Phi) is 9.16. The normalized spacial score (nSPS) is 16.0. The van der Waals surface area contributed by atoms with Crippen molar-refractivity contribution in [1.82, 2.24) is 14.9 Å². The first kappa shape index (κ1) is 31.0. The summed E-state index contributed by atoms with van der Waals surface area (Å²) in [6.07, 6.45) is 4.32. The van der Waals surface area contributed by atoms with E-state index in [0.717, 1.165) is 61.2 Å². The molecule has 0 saturated heterocycles. The third kappa shape index (κ3) is 6.59. The van der Waals surface area contributed by atoms with Crippen LogP contribution < -0.4 is 15.9 Å². The molecule has 1 aliphatic heterocycles. The average Bonchev–Trinajstić information content (AvgIpc) is 3.27. The lowest BCUT2D eigenvalue weighted by Crippen LogP contribution is -2.18. The molecule has 2 N–H and O–H groups in total. The molecule has 1 aromatic heterocycles. The van der Waals surface area contributed by atoms with Crippen molar-refractivity contribution in [2.24, 2.45) is 0 Å². The van der Waals surface area contributed by atoms with Gasteiger partial charge in [0.1, 0.15) is 18.5 Å². The Morgan fingerprint density at radius 1 is 1.02 bits per heavy atom. The number of alkyl halides is 3. The molecular weight excluding hydrogens is 574 g/mol. The summed E-state index contributed by atoms with van der Waals surface area (Å²) in [5.74, 6) is -0.375. The van der Waals surface area contributed by atoms with E-state index in [9.17, 15) is 22.5 Å². The molecule has 1 amide bonds. The van der Waals surface area contributed by atoms with E-state index in [4.69, 9.17) is 0 Å². The number of hydrogen-bond acceptors (Lipinski definition) is 6. The van der Waals surface area contributed by atoms with Gasteiger partial charge in [0.15, 0.2) is 0 Å². The maximum atomic E-state index is 14.1. The minimum atomic E-state index is -4.72. The molecule has 1 aliphatic carbocycles. The first-order chi connectivity index (χ1) is 20.5. The van der Waals surface area contributed by atoms with Crippen LogP contribution in [0.2, 0.25) is 0 Å². The largest absolute Gasteiger partial charge is 0.421 e. The zero-order valence-electron chi connectivity index (χ0n) is 24.9. The number of amides is 1. The fraction of sp³-hybridized carbons (Fsp3) is 0.469. The molecule has 3 aromatic rings. The number of halogens is 3. The maximum absolute atomic E-state index is 14.1. The van der Waals surface area contributed by atoms with Gasteiger partial charge in [-0.15, -0.1) is 0 Å². The van der Waals surface area contributed by atoms with Crippen molar-refractivity contribution in [3.63, 3.8) is 0 Å². The molecule has 43 heavy (non-hydrogen) atoms. The van der Waals surface area contributed by atoms with Gasteiger partial charge < -0.3 is 20.1 Å². The lowest BCUT2D eigenvalue weighted by molar-refractivity contribution is -0.137. The number of nitrogens with one attached hydrogen (secondary N) is 2. The summed E-state index contributed by atoms with van der Waals surface area (Å²) in [4.78, 5) is 23.0. The molecule has 0 radical (unpaired) electrons. The third-order valence-corrected chi connectivity index (χ3v) is 12.0. The quantitative estimate of drug-likeness (QED) is 0.223. The monoisotopic (exact) mass is 613 g/mol. The number of rotatable bonds is 10. The highest BCUT2D eigenvalue weighted by Gasteiger charge is 2.37. The van der Waals surface area contributed by atoms with Gasteiger partial charge in [-0.05, 0) is 60.9 Å². The van der Waals surface area contributed by atoms with Gasteiger partial charge in [0, 0.05) is 43.1 Å². The lowest BCUT2D eigenvalue weighted by Gasteiger charge is -2.25. The van der Waals surface area contributed by atoms with Crippen LogP contribution in [0.3, 0.4) is 0 Å². The van der Waals surface area contributed by atoms with Crippen LogP contribution >= 0.6 is 7.14 Å². The highest BCUT2D eigenvalue weighted by molar-refractivity contribution is 7.71. The van der Waals surface area contributed by atoms with Crippen molar-refractivity contribution >= 4 is 41.5 Å². The van der Waals surface area contributed by atoms with E-state index in [0.29, 0.717) is 41.7 Å². The van der Waals surface area contributed by atoms with Gasteiger partial charge in [-0.3, -0.25) is 4.79 Å². The molecule has 7 nitrogen and oxygen atoms in total. The molecule has 0 atom stereocenters. The Bertz CT molecular complexity index is 1530. The Morgan fingerprint density at radius 3 is 2.42 bits per heavy atom. The lowest BCUT2D eigenvalue weighted by atomic mass is 9.81. The third-order valence-electron chi connectivity index (χ3n) is 8.44. The number of hydrogen-bond donors (Lipinski definition) is 2. The number of aromatic nitrogens is 2. The molecule has 2 aliphatic rings. The Labute approximate surface area is 251 Å². The van der Waals surface area contributed by atoms with Crippen LogP contribution in [-0.2, 0) is 17.3 Å². The summed E-state index contributed by atoms with van der Waals surface area (Å²) in [5, 5.41) is 6.58. The number of carbonyl (C=O) groups excluding carboxylic acids is 1. The molecule has 1 saturated carbocycles. The highest BCUT2D eigenvalue weighted by Crippen LogP contribution is 2.46. The molecule has 0 bridgehead atoms. The van der Waals surface area contributed by atoms with Gasteiger partial charge in [0.05, 0.1) is 11.3 Å². The summed E-state index contributed by atoms with van der Waals surface area (Å²) < 4.78 is 56.0. The number of nitrogens with zero attached hydrogens (tertiary/aromatic N) is 3. The SMILES string of the molecule is CCCP(=O)(CCC)c1cccc(Nc2ncc(C(F)(F)F)c(Nc3ccc(C4CCCCC4)c4c3C(=O)N(C)C4)n2)c1.